The third kappa shape index (κ3) is 16.6. The Morgan fingerprint density at radius 1 is 0.437 bits per heavy atom. The van der Waals surface area contributed by atoms with Crippen LogP contribution < -0.4 is 5.73 Å². The number of imide groups is 1. The van der Waals surface area contributed by atoms with Gasteiger partial charge in [-0.1, -0.05) is 133 Å². The van der Waals surface area contributed by atoms with Crippen LogP contribution in [0.5, 0.6) is 0 Å². The van der Waals surface area contributed by atoms with Crippen molar-refractivity contribution < 1.29 is 97.8 Å². The van der Waals surface area contributed by atoms with Gasteiger partial charge in [0, 0.05) is 58.4 Å². The number of fused-ring (bicyclic) bond motifs is 1. The van der Waals surface area contributed by atoms with Gasteiger partial charge in [0.2, 0.25) is 0 Å². The predicted molar refractivity (Wildman–Crippen MR) is 292 cm³/mol. The summed E-state index contributed by atoms with van der Waals surface area (Å²) in [5.41, 5.74) is 8.68. The largest absolute Gasteiger partial charge is 0.480 e. The van der Waals surface area contributed by atoms with Crippen molar-refractivity contribution in [3.63, 3.8) is 0 Å². The van der Waals surface area contributed by atoms with Gasteiger partial charge in [0.15, 0.2) is 6.04 Å². The molecule has 0 aliphatic carbocycles. The highest BCUT2D eigenvalue weighted by atomic mass is 19.3. The highest BCUT2D eigenvalue weighted by molar-refractivity contribution is 6.21. The summed E-state index contributed by atoms with van der Waals surface area (Å²) in [6.45, 7) is -2.35. The van der Waals surface area contributed by atoms with E-state index >= 15 is 0 Å². The van der Waals surface area contributed by atoms with Crippen LogP contribution in [0.3, 0.4) is 0 Å². The van der Waals surface area contributed by atoms with Crippen LogP contribution >= 0.6 is 0 Å². The van der Waals surface area contributed by atoms with E-state index in [9.17, 15) is 68.7 Å². The molecular weight excluding hydrogens is 1160 g/mol. The molecule has 4 fully saturated rings. The molecule has 4 N–H and O–H groups in total. The molecule has 87 heavy (non-hydrogen) atoms. The van der Waals surface area contributed by atoms with Gasteiger partial charge in [-0.05, 0) is 34.4 Å². The van der Waals surface area contributed by atoms with Crippen molar-refractivity contribution in [2.75, 3.05) is 45.9 Å². The Hall–Kier alpha value is -8.85. The second-order valence-electron chi connectivity index (χ2n) is 20.5. The number of hydrogen-bond acceptors (Lipinski definition) is 13. The summed E-state index contributed by atoms with van der Waals surface area (Å²) in [7, 11) is 0. The average Bonchev–Trinajstić information content (AvgIpc) is 2.14. The first-order chi connectivity index (χ1) is 41.4. The first kappa shape index (κ1) is 65.7. The monoisotopic (exact) mass is 1230 g/mol. The Balaban J connectivity index is 0.000000169. The van der Waals surface area contributed by atoms with Crippen molar-refractivity contribution in [2.45, 2.75) is 100.0 Å². The molecule has 5 aromatic carbocycles. The molecule has 0 unspecified atom stereocenters. The lowest BCUT2D eigenvalue weighted by Gasteiger charge is -2.29. The standard InChI is InChI=1S/C21H18F2N2O4.C13H16F2N2O2.C13H13F2NO4.C13H15F2NO3/c22-21(23)10-11-24(20(28)29-13-14-6-2-1-3-7-14)17(21)12-25-18(26)15-8-4-5-9-16(15)19(25)27;14-13(15)6-7-17(11(13)8-16)12(18)19-9-10-4-2-1-3-5-10;14-13(15)6-7-16(10(13)11(17)18)12(19)20-8-9-4-2-1-3-5-9;14-13(15)6-7-16(11(13)8-17)12(18)19-9-10-4-2-1-3-5-10/h1-9,17H,10-13H2;1-5,11H,6-9,16H2;1-5,10H,6-8H2,(H,17,18);1-5,11,17H,6-9H2/t17-;11-;10-;11-/m1111/s1. The van der Waals surface area contributed by atoms with Gasteiger partial charge in [-0.15, -0.1) is 0 Å². The van der Waals surface area contributed by atoms with Gasteiger partial charge in [0.25, 0.3) is 35.5 Å². The lowest BCUT2D eigenvalue weighted by molar-refractivity contribution is -0.152. The summed E-state index contributed by atoms with van der Waals surface area (Å²) < 4.78 is 130. The number of aliphatic hydroxyl groups excluding tert-OH is 1. The number of hydrogen-bond donors (Lipinski definition) is 3. The number of carbonyl (C=O) groups is 7. The van der Waals surface area contributed by atoms with Gasteiger partial charge >= 0.3 is 30.3 Å². The number of carboxylic acid groups (broad SMARTS) is 1. The Morgan fingerprint density at radius 2 is 0.724 bits per heavy atom. The van der Waals surface area contributed by atoms with Crippen LogP contribution in [0, 0.1) is 0 Å². The lowest BCUT2D eigenvalue weighted by Crippen LogP contribution is -2.51. The molecule has 5 aliphatic heterocycles. The normalized spacial score (nSPS) is 20.8. The van der Waals surface area contributed by atoms with E-state index in [0.717, 1.165) is 36.3 Å². The number of benzene rings is 5. The van der Waals surface area contributed by atoms with E-state index in [1.54, 1.807) is 103 Å². The maximum Gasteiger partial charge on any atom is 0.411 e. The van der Waals surface area contributed by atoms with Crippen LogP contribution in [0.1, 0.15) is 68.7 Å². The summed E-state index contributed by atoms with van der Waals surface area (Å²) in [4.78, 5) is 87.8. The summed E-state index contributed by atoms with van der Waals surface area (Å²) in [6, 6.07) is 35.2. The predicted octanol–water partition coefficient (Wildman–Crippen LogP) is 9.46. The van der Waals surface area contributed by atoms with E-state index in [0.29, 0.717) is 10.5 Å². The Morgan fingerprint density at radius 3 is 1.07 bits per heavy atom. The Kier molecular flexibility index (Phi) is 21.9. The molecule has 6 amide bonds. The number of likely N-dealkylation sites (tertiary alicyclic amines) is 4. The lowest BCUT2D eigenvalue weighted by atomic mass is 10.1. The minimum Gasteiger partial charge on any atom is -0.480 e. The smallest absolute Gasteiger partial charge is 0.411 e. The van der Waals surface area contributed by atoms with Gasteiger partial charge in [-0.3, -0.25) is 34.1 Å². The highest BCUT2D eigenvalue weighted by Gasteiger charge is 2.57. The fraction of sp³-hybridized carbons (Fsp3) is 0.383. The maximum atomic E-state index is 14.5. The molecule has 5 aromatic rings. The minimum atomic E-state index is -3.43. The summed E-state index contributed by atoms with van der Waals surface area (Å²) in [5.74, 6) is -15.7. The Labute approximate surface area is 493 Å². The van der Waals surface area contributed by atoms with E-state index in [1.165, 1.54) is 12.1 Å². The van der Waals surface area contributed by atoms with Gasteiger partial charge in [-0.2, -0.15) is 0 Å². The molecule has 0 spiro atoms. The van der Waals surface area contributed by atoms with Crippen LogP contribution in [-0.2, 0) is 50.2 Å². The summed E-state index contributed by atoms with van der Waals surface area (Å²) in [6.07, 6.45) is -5.54. The van der Waals surface area contributed by atoms with Crippen molar-refractivity contribution in [2.24, 2.45) is 5.73 Å². The number of rotatable bonds is 13. The van der Waals surface area contributed by atoms with Crippen LogP contribution in [0.25, 0.3) is 0 Å². The third-order valence-electron chi connectivity index (χ3n) is 14.7. The number of aliphatic hydroxyl groups is 1. The maximum absolute atomic E-state index is 14.5. The number of nitrogens with zero attached hydrogens (tertiary/aromatic N) is 5. The molecule has 10 rings (SSSR count). The van der Waals surface area contributed by atoms with E-state index < -0.39 is 122 Å². The van der Waals surface area contributed by atoms with Crippen molar-refractivity contribution in [1.29, 1.82) is 0 Å². The SMILES string of the molecule is NC[C@H]1N(C(=O)OCc2ccccc2)CCC1(F)F.O=C(O)[C@H]1N(C(=O)OCc2ccccc2)CCC1(F)F.O=C(OCc1ccccc1)N1CCC(F)(F)[C@H]1CO.O=C1c2ccccc2C(=O)N1C[C@H]1N(C(=O)OCc2ccccc2)CCC1(F)F. The molecule has 27 heteroatoms. The van der Waals surface area contributed by atoms with Crippen LogP contribution in [-0.4, -0.2) is 171 Å². The van der Waals surface area contributed by atoms with E-state index in [1.807, 2.05) is 30.3 Å². The molecule has 19 nitrogen and oxygen atoms in total. The fourth-order valence-electron chi connectivity index (χ4n) is 9.94. The summed E-state index contributed by atoms with van der Waals surface area (Å²) in [5, 5.41) is 17.8. The number of aliphatic carboxylic acids is 1. The number of ether oxygens (including phenoxy) is 4. The van der Waals surface area contributed by atoms with Crippen molar-refractivity contribution in [3.8, 4) is 0 Å². The van der Waals surface area contributed by atoms with E-state index in [2.05, 4.69) is 0 Å². The molecule has 466 valence electrons. The van der Waals surface area contributed by atoms with Crippen molar-refractivity contribution >= 4 is 42.2 Å². The first-order valence-electron chi connectivity index (χ1n) is 27.3. The van der Waals surface area contributed by atoms with Gasteiger partial charge in [0.05, 0.1) is 24.3 Å². The molecule has 0 radical (unpaired) electrons. The molecule has 4 atom stereocenters. The summed E-state index contributed by atoms with van der Waals surface area (Å²) >= 11 is 0. The zero-order chi connectivity index (χ0) is 63.1. The third-order valence-corrected chi connectivity index (χ3v) is 14.7. The van der Waals surface area contributed by atoms with Crippen molar-refractivity contribution in [1.82, 2.24) is 24.5 Å². The molecule has 4 saturated heterocycles. The van der Waals surface area contributed by atoms with E-state index in [4.69, 9.17) is 34.9 Å². The number of nitrogens with two attached hydrogens (primary N) is 1. The molecule has 0 aromatic heterocycles. The second-order valence-corrected chi connectivity index (χ2v) is 20.5. The number of carboxylic acids is 1. The molecular formula is C60H62F8N6O13. The van der Waals surface area contributed by atoms with E-state index in [-0.39, 0.29) is 76.7 Å². The average molecular weight is 1230 g/mol. The van der Waals surface area contributed by atoms with Gasteiger partial charge in [0.1, 0.15) is 44.6 Å². The Bertz CT molecular complexity index is 3040. The number of alkyl halides is 8. The van der Waals surface area contributed by atoms with Crippen LogP contribution in [0.15, 0.2) is 146 Å². The molecule has 5 aliphatic rings. The zero-order valence-corrected chi connectivity index (χ0v) is 46.5. The molecule has 0 saturated carbocycles. The van der Waals surface area contributed by atoms with Crippen LogP contribution in [0.2, 0.25) is 0 Å². The van der Waals surface area contributed by atoms with Crippen molar-refractivity contribution in [3.05, 3.63) is 179 Å². The van der Waals surface area contributed by atoms with Crippen LogP contribution in [0.4, 0.5) is 54.3 Å². The van der Waals surface area contributed by atoms with Gasteiger partial charge in [-0.25, -0.2) is 59.1 Å². The first-order valence-corrected chi connectivity index (χ1v) is 27.3. The number of carbonyl (C=O) groups excluding carboxylic acids is 6. The quantitative estimate of drug-likeness (QED) is 0.0566. The highest BCUT2D eigenvalue weighted by Crippen LogP contribution is 2.39. The molecule has 5 heterocycles. The number of amides is 6. The fourth-order valence-corrected chi connectivity index (χ4v) is 9.94. The second kappa shape index (κ2) is 29.0. The number of halogens is 8. The van der Waals surface area contributed by atoms with Gasteiger partial charge < -0.3 is 34.9 Å². The topological polar surface area (TPSA) is 239 Å². The molecule has 0 bridgehead atoms. The minimum absolute atomic E-state index is 0.0253. The zero-order valence-electron chi connectivity index (χ0n) is 46.5.